The zero-order valence-corrected chi connectivity index (χ0v) is 14.9. The molecule has 0 radical (unpaired) electrons. The number of nitro benzene ring substituents is 1. The van der Waals surface area contributed by atoms with E-state index in [1.807, 2.05) is 19.2 Å². The predicted molar refractivity (Wildman–Crippen MR) is 99.6 cm³/mol. The zero-order valence-electron chi connectivity index (χ0n) is 14.1. The fraction of sp³-hybridized carbons (Fsp3) is 0.111. The molecule has 1 aliphatic heterocycles. The third-order valence-corrected chi connectivity index (χ3v) is 5.10. The highest BCUT2D eigenvalue weighted by atomic mass is 32.1. The van der Waals surface area contributed by atoms with Crippen LogP contribution in [0.5, 0.6) is 11.5 Å². The van der Waals surface area contributed by atoms with Gasteiger partial charge in [-0.15, -0.1) is 0 Å². The molecule has 27 heavy (non-hydrogen) atoms. The van der Waals surface area contributed by atoms with Crippen LogP contribution in [0.4, 0.5) is 5.69 Å². The van der Waals surface area contributed by atoms with E-state index in [2.05, 4.69) is 4.99 Å². The van der Waals surface area contributed by atoms with Crippen LogP contribution in [0.2, 0.25) is 0 Å². The van der Waals surface area contributed by atoms with Gasteiger partial charge in [0.2, 0.25) is 6.79 Å². The molecule has 136 valence electrons. The van der Waals surface area contributed by atoms with E-state index < -0.39 is 10.8 Å². The highest BCUT2D eigenvalue weighted by molar-refractivity contribution is 7.16. The van der Waals surface area contributed by atoms with E-state index in [1.54, 1.807) is 16.7 Å². The van der Waals surface area contributed by atoms with Crippen molar-refractivity contribution in [3.8, 4) is 11.5 Å². The number of fused-ring (bicyclic) bond motifs is 2. The number of benzene rings is 2. The number of nitrogens with zero attached hydrogens (tertiary/aromatic N) is 3. The van der Waals surface area contributed by atoms with Crippen LogP contribution in [0.25, 0.3) is 16.3 Å². The highest BCUT2D eigenvalue weighted by Gasteiger charge is 2.16. The molecule has 9 heteroatoms. The van der Waals surface area contributed by atoms with Crippen LogP contribution in [0.15, 0.2) is 47.5 Å². The lowest BCUT2D eigenvalue weighted by atomic mass is 10.2. The molecule has 0 saturated heterocycles. The number of hydrogen-bond acceptors (Lipinski definition) is 6. The molecule has 1 aromatic heterocycles. The summed E-state index contributed by atoms with van der Waals surface area (Å²) < 4.78 is 13.5. The van der Waals surface area contributed by atoms with Crippen molar-refractivity contribution in [3.05, 3.63) is 63.0 Å². The number of amides is 1. The summed E-state index contributed by atoms with van der Waals surface area (Å²) >= 11 is 1.36. The Labute approximate surface area is 156 Å². The van der Waals surface area contributed by atoms with Gasteiger partial charge in [0.05, 0.1) is 15.1 Å². The fourth-order valence-corrected chi connectivity index (χ4v) is 3.70. The van der Waals surface area contributed by atoms with Gasteiger partial charge in [0.15, 0.2) is 16.3 Å². The molecule has 0 saturated carbocycles. The summed E-state index contributed by atoms with van der Waals surface area (Å²) in [6.45, 7) is 0.203. The molecular formula is C18H13N3O5S. The number of non-ortho nitro benzene ring substituents is 1. The number of hydrogen-bond donors (Lipinski definition) is 0. The van der Waals surface area contributed by atoms with Gasteiger partial charge in [-0.25, -0.2) is 0 Å². The molecule has 0 N–H and O–H groups in total. The summed E-state index contributed by atoms with van der Waals surface area (Å²) in [5.41, 5.74) is 1.41. The molecule has 4 rings (SSSR count). The van der Waals surface area contributed by atoms with Gasteiger partial charge in [0.25, 0.3) is 11.6 Å². The normalized spacial score (nSPS) is 13.6. The molecule has 0 fully saturated rings. The molecule has 1 aliphatic rings. The molecular weight excluding hydrogens is 370 g/mol. The smallest absolute Gasteiger partial charge is 0.272 e. The average molecular weight is 383 g/mol. The predicted octanol–water partition coefficient (Wildman–Crippen LogP) is 3.02. The first-order valence-corrected chi connectivity index (χ1v) is 8.73. The van der Waals surface area contributed by atoms with Crippen molar-refractivity contribution in [1.82, 2.24) is 4.57 Å². The zero-order chi connectivity index (χ0) is 19.0. The van der Waals surface area contributed by atoms with Gasteiger partial charge in [-0.3, -0.25) is 14.9 Å². The number of rotatable bonds is 3. The van der Waals surface area contributed by atoms with Crippen molar-refractivity contribution in [2.24, 2.45) is 12.0 Å². The Balaban J connectivity index is 1.63. The standard InChI is InChI=1S/C18H13N3O5S/c1-20-13-8-14-15(26-10-25-14)9-16(13)27-18(20)19-17(22)6-5-11-3-2-4-12(7-11)21(23)24/h2-9H,10H2,1H3/b6-5+,19-18?. The second kappa shape index (κ2) is 6.69. The van der Waals surface area contributed by atoms with Crippen LogP contribution in [0.3, 0.4) is 0 Å². The van der Waals surface area contributed by atoms with Crippen molar-refractivity contribution in [1.29, 1.82) is 0 Å². The summed E-state index contributed by atoms with van der Waals surface area (Å²) in [7, 11) is 1.82. The second-order valence-corrected chi connectivity index (χ2v) is 6.76. The first kappa shape index (κ1) is 17.0. The Morgan fingerprint density at radius 3 is 2.85 bits per heavy atom. The maximum absolute atomic E-state index is 12.2. The average Bonchev–Trinajstić information content (AvgIpc) is 3.23. The Morgan fingerprint density at radius 1 is 1.30 bits per heavy atom. The Hall–Kier alpha value is -3.46. The second-order valence-electron chi connectivity index (χ2n) is 5.75. The number of aryl methyl sites for hydroxylation is 1. The topological polar surface area (TPSA) is 96.0 Å². The van der Waals surface area contributed by atoms with Gasteiger partial charge in [-0.05, 0) is 11.6 Å². The maximum Gasteiger partial charge on any atom is 0.272 e. The van der Waals surface area contributed by atoms with E-state index in [0.717, 1.165) is 10.2 Å². The monoisotopic (exact) mass is 383 g/mol. The van der Waals surface area contributed by atoms with Crippen molar-refractivity contribution >= 4 is 39.2 Å². The molecule has 1 amide bonds. The van der Waals surface area contributed by atoms with Crippen molar-refractivity contribution in [3.63, 3.8) is 0 Å². The van der Waals surface area contributed by atoms with E-state index in [4.69, 9.17) is 9.47 Å². The number of carbonyl (C=O) groups excluding carboxylic acids is 1. The number of nitro groups is 1. The molecule has 0 bridgehead atoms. The molecule has 0 spiro atoms. The first-order chi connectivity index (χ1) is 13.0. The third-order valence-electron chi connectivity index (χ3n) is 4.01. The van der Waals surface area contributed by atoms with Crippen LogP contribution >= 0.6 is 11.3 Å². The van der Waals surface area contributed by atoms with Crippen LogP contribution in [-0.2, 0) is 11.8 Å². The number of ether oxygens (including phenoxy) is 2. The van der Waals surface area contributed by atoms with Crippen molar-refractivity contribution < 1.29 is 19.2 Å². The minimum Gasteiger partial charge on any atom is -0.454 e. The maximum atomic E-state index is 12.2. The van der Waals surface area contributed by atoms with Gasteiger partial charge in [-0.2, -0.15) is 4.99 Å². The summed E-state index contributed by atoms with van der Waals surface area (Å²) in [5.74, 6) is 0.885. The highest BCUT2D eigenvalue weighted by Crippen LogP contribution is 2.36. The molecule has 2 aromatic carbocycles. The minimum atomic E-state index is -0.481. The van der Waals surface area contributed by atoms with E-state index >= 15 is 0 Å². The van der Waals surface area contributed by atoms with Crippen LogP contribution in [0, 0.1) is 10.1 Å². The number of thiazole rings is 1. The van der Waals surface area contributed by atoms with E-state index in [-0.39, 0.29) is 12.5 Å². The molecule has 0 atom stereocenters. The number of carbonyl (C=O) groups is 1. The number of aromatic nitrogens is 1. The Morgan fingerprint density at radius 2 is 2.07 bits per heavy atom. The van der Waals surface area contributed by atoms with Gasteiger partial charge >= 0.3 is 0 Å². The first-order valence-electron chi connectivity index (χ1n) is 7.92. The van der Waals surface area contributed by atoms with Gasteiger partial charge < -0.3 is 14.0 Å². The molecule has 0 aliphatic carbocycles. The lowest BCUT2D eigenvalue weighted by molar-refractivity contribution is -0.384. The molecule has 2 heterocycles. The van der Waals surface area contributed by atoms with E-state index in [9.17, 15) is 14.9 Å². The van der Waals surface area contributed by atoms with Gasteiger partial charge in [0, 0.05) is 37.4 Å². The van der Waals surface area contributed by atoms with E-state index in [0.29, 0.717) is 21.9 Å². The lowest BCUT2D eigenvalue weighted by Crippen LogP contribution is -2.12. The van der Waals surface area contributed by atoms with Crippen molar-refractivity contribution in [2.75, 3.05) is 6.79 Å². The quantitative estimate of drug-likeness (QED) is 0.393. The summed E-state index contributed by atoms with van der Waals surface area (Å²) in [5, 5.41) is 10.8. The summed E-state index contributed by atoms with van der Waals surface area (Å²) in [4.78, 5) is 27.2. The van der Waals surface area contributed by atoms with Gasteiger partial charge in [-0.1, -0.05) is 23.5 Å². The van der Waals surface area contributed by atoms with Gasteiger partial charge in [0.1, 0.15) is 0 Å². The van der Waals surface area contributed by atoms with E-state index in [1.165, 1.54) is 35.6 Å². The SMILES string of the molecule is Cn1c(=NC(=O)/C=C/c2cccc([N+](=O)[O-])c2)sc2cc3c(cc21)OCO3. The molecule has 8 nitrogen and oxygen atoms in total. The summed E-state index contributed by atoms with van der Waals surface area (Å²) in [6.07, 6.45) is 2.79. The van der Waals surface area contributed by atoms with Crippen molar-refractivity contribution in [2.45, 2.75) is 0 Å². The Bertz CT molecular complexity index is 1180. The minimum absolute atomic E-state index is 0.0325. The fourth-order valence-electron chi connectivity index (χ4n) is 2.67. The molecule has 3 aromatic rings. The van der Waals surface area contributed by atoms with Crippen LogP contribution < -0.4 is 14.3 Å². The largest absolute Gasteiger partial charge is 0.454 e. The van der Waals surface area contributed by atoms with Crippen LogP contribution in [0.1, 0.15) is 5.56 Å². The third kappa shape index (κ3) is 3.32. The Kier molecular flexibility index (Phi) is 4.21. The van der Waals surface area contributed by atoms with Crippen LogP contribution in [-0.4, -0.2) is 22.2 Å². The summed E-state index contributed by atoms with van der Waals surface area (Å²) in [6, 6.07) is 9.75. The lowest BCUT2D eigenvalue weighted by Gasteiger charge is -1.98. The molecule has 0 unspecified atom stereocenters.